The van der Waals surface area contributed by atoms with Gasteiger partial charge in [-0.3, -0.25) is 14.5 Å². The van der Waals surface area contributed by atoms with Crippen molar-refractivity contribution in [1.82, 2.24) is 10.2 Å². The molecule has 1 saturated heterocycles. The molecule has 1 heterocycles. The van der Waals surface area contributed by atoms with E-state index in [4.69, 9.17) is 14.6 Å². The van der Waals surface area contributed by atoms with Crippen molar-refractivity contribution in [1.29, 1.82) is 0 Å². The number of carboxylic acids is 1. The van der Waals surface area contributed by atoms with Gasteiger partial charge in [0, 0.05) is 25.4 Å². The second-order valence-electron chi connectivity index (χ2n) is 6.13. The van der Waals surface area contributed by atoms with E-state index < -0.39 is 36.0 Å². The normalized spacial score (nSPS) is 18.6. The van der Waals surface area contributed by atoms with Crippen molar-refractivity contribution in [3.63, 3.8) is 0 Å². The summed E-state index contributed by atoms with van der Waals surface area (Å²) in [7, 11) is 1.22. The highest BCUT2D eigenvalue weighted by Gasteiger charge is 2.41. The summed E-state index contributed by atoms with van der Waals surface area (Å²) in [6.45, 7) is 0.131. The highest BCUT2D eigenvalue weighted by Crippen LogP contribution is 2.21. The van der Waals surface area contributed by atoms with Crippen molar-refractivity contribution in [2.45, 2.75) is 38.0 Å². The van der Waals surface area contributed by atoms with Crippen LogP contribution in [-0.2, 0) is 30.5 Å². The zero-order valence-electron chi connectivity index (χ0n) is 14.9. The summed E-state index contributed by atoms with van der Waals surface area (Å²) in [5, 5.41) is 11.3. The fourth-order valence-electron chi connectivity index (χ4n) is 2.82. The molecule has 0 radical (unpaired) electrons. The predicted molar refractivity (Wildman–Crippen MR) is 92.6 cm³/mol. The smallest absolute Gasteiger partial charge is 0.410 e. The summed E-state index contributed by atoms with van der Waals surface area (Å²) in [4.78, 5) is 48.0. The third-order valence-electron chi connectivity index (χ3n) is 4.15. The quantitative estimate of drug-likeness (QED) is 0.677. The molecule has 9 nitrogen and oxygen atoms in total. The van der Waals surface area contributed by atoms with Gasteiger partial charge in [0.25, 0.3) is 0 Å². The Morgan fingerprint density at radius 1 is 1.19 bits per heavy atom. The van der Waals surface area contributed by atoms with Gasteiger partial charge < -0.3 is 19.9 Å². The Kier molecular flexibility index (Phi) is 7.16. The summed E-state index contributed by atoms with van der Waals surface area (Å²) >= 11 is 0. The second kappa shape index (κ2) is 9.56. The molecule has 1 aliphatic rings. The number of nitrogens with one attached hydrogen (secondary N) is 1. The number of hydrogen-bond donors (Lipinski definition) is 2. The molecule has 1 aromatic rings. The Labute approximate surface area is 156 Å². The minimum absolute atomic E-state index is 0.0553. The summed E-state index contributed by atoms with van der Waals surface area (Å²) in [6.07, 6.45) is -0.975. The lowest BCUT2D eigenvalue weighted by Gasteiger charge is -2.21. The molecule has 0 aromatic heterocycles. The van der Waals surface area contributed by atoms with E-state index in [1.54, 1.807) is 12.1 Å². The van der Waals surface area contributed by atoms with Gasteiger partial charge in [-0.1, -0.05) is 30.3 Å². The lowest BCUT2D eigenvalue weighted by molar-refractivity contribution is -0.145. The summed E-state index contributed by atoms with van der Waals surface area (Å²) in [5.41, 5.74) is 0.804. The van der Waals surface area contributed by atoms with E-state index in [-0.39, 0.29) is 32.4 Å². The van der Waals surface area contributed by atoms with Gasteiger partial charge in [0.1, 0.15) is 12.6 Å². The number of likely N-dealkylation sites (tertiary alicyclic amines) is 1. The van der Waals surface area contributed by atoms with Gasteiger partial charge in [-0.25, -0.2) is 9.59 Å². The van der Waals surface area contributed by atoms with Crippen molar-refractivity contribution < 1.29 is 33.8 Å². The number of amides is 2. The number of benzene rings is 1. The lowest BCUT2D eigenvalue weighted by Crippen LogP contribution is -2.42. The minimum atomic E-state index is -1.07. The van der Waals surface area contributed by atoms with Crippen molar-refractivity contribution in [3.8, 4) is 0 Å². The summed E-state index contributed by atoms with van der Waals surface area (Å²) in [5.74, 6) is -2.13. The molecule has 0 aliphatic carbocycles. The molecule has 1 fully saturated rings. The molecule has 2 N–H and O–H groups in total. The first-order chi connectivity index (χ1) is 12.9. The third kappa shape index (κ3) is 5.98. The fraction of sp³-hybridized carbons (Fsp3) is 0.444. The Hall–Kier alpha value is -3.10. The van der Waals surface area contributed by atoms with Crippen molar-refractivity contribution in [2.75, 3.05) is 13.7 Å². The van der Waals surface area contributed by atoms with E-state index in [1.165, 1.54) is 12.0 Å². The average molecular weight is 378 g/mol. The Bertz CT molecular complexity index is 692. The largest absolute Gasteiger partial charge is 0.481 e. The third-order valence-corrected chi connectivity index (χ3v) is 4.15. The minimum Gasteiger partial charge on any atom is -0.481 e. The number of carbonyl (C=O) groups excluding carboxylic acids is 3. The van der Waals surface area contributed by atoms with Crippen LogP contribution < -0.4 is 5.32 Å². The maximum atomic E-state index is 12.4. The van der Waals surface area contributed by atoms with Crippen LogP contribution in [0.3, 0.4) is 0 Å². The van der Waals surface area contributed by atoms with E-state index in [9.17, 15) is 19.2 Å². The van der Waals surface area contributed by atoms with E-state index >= 15 is 0 Å². The molecule has 0 bridgehead atoms. The molecular formula is C18H22N2O7. The van der Waals surface area contributed by atoms with Crippen molar-refractivity contribution >= 4 is 23.9 Å². The molecule has 0 saturated carbocycles. The maximum Gasteiger partial charge on any atom is 0.410 e. The van der Waals surface area contributed by atoms with Crippen LogP contribution in [0.2, 0.25) is 0 Å². The van der Waals surface area contributed by atoms with Crippen LogP contribution in [0.1, 0.15) is 24.8 Å². The molecule has 2 amide bonds. The van der Waals surface area contributed by atoms with Crippen LogP contribution in [-0.4, -0.2) is 59.7 Å². The number of ether oxygens (including phenoxy) is 2. The van der Waals surface area contributed by atoms with E-state index in [2.05, 4.69) is 5.32 Å². The Balaban J connectivity index is 1.95. The Morgan fingerprint density at radius 3 is 2.52 bits per heavy atom. The van der Waals surface area contributed by atoms with Crippen LogP contribution in [0.5, 0.6) is 0 Å². The maximum absolute atomic E-state index is 12.4. The molecule has 146 valence electrons. The van der Waals surface area contributed by atoms with Gasteiger partial charge in [-0.15, -0.1) is 0 Å². The van der Waals surface area contributed by atoms with Crippen LogP contribution in [0.4, 0.5) is 4.79 Å². The van der Waals surface area contributed by atoms with Gasteiger partial charge in [-0.05, 0) is 5.56 Å². The van der Waals surface area contributed by atoms with Crippen molar-refractivity contribution in [3.05, 3.63) is 35.9 Å². The standard InChI is InChI=1S/C18H22N2O7/c1-26-17(24)14-9-13(19-15(21)7-8-16(22)23)10-20(14)18(25)27-11-12-5-3-2-4-6-12/h2-6,13-14H,7-11H2,1H3,(H,19,21)(H,22,23)/t13-,14-/m0/s1. The van der Waals surface area contributed by atoms with Gasteiger partial charge >= 0.3 is 18.0 Å². The number of methoxy groups -OCH3 is 1. The van der Waals surface area contributed by atoms with Gasteiger partial charge in [0.2, 0.25) is 5.91 Å². The zero-order chi connectivity index (χ0) is 19.8. The molecule has 27 heavy (non-hydrogen) atoms. The SMILES string of the molecule is COC(=O)[C@@H]1C[C@H](NC(=O)CCC(=O)O)CN1C(=O)OCc1ccccc1. The van der Waals surface area contributed by atoms with Crippen LogP contribution in [0.25, 0.3) is 0 Å². The predicted octanol–water partition coefficient (Wildman–Crippen LogP) is 0.920. The van der Waals surface area contributed by atoms with Gasteiger partial charge in [-0.2, -0.15) is 0 Å². The zero-order valence-corrected chi connectivity index (χ0v) is 14.9. The van der Waals surface area contributed by atoms with E-state index in [0.29, 0.717) is 0 Å². The monoisotopic (exact) mass is 378 g/mol. The lowest BCUT2D eigenvalue weighted by atomic mass is 10.1. The molecular weight excluding hydrogens is 356 g/mol. The molecule has 2 rings (SSSR count). The topological polar surface area (TPSA) is 122 Å². The highest BCUT2D eigenvalue weighted by molar-refractivity contribution is 5.84. The number of hydrogen-bond acceptors (Lipinski definition) is 6. The summed E-state index contributed by atoms with van der Waals surface area (Å²) < 4.78 is 9.99. The van der Waals surface area contributed by atoms with E-state index in [1.807, 2.05) is 18.2 Å². The molecule has 1 aromatic carbocycles. The number of rotatable bonds is 7. The number of carbonyl (C=O) groups is 4. The molecule has 0 unspecified atom stereocenters. The number of carboxylic acid groups (broad SMARTS) is 1. The molecule has 1 aliphatic heterocycles. The second-order valence-corrected chi connectivity index (χ2v) is 6.13. The fourth-order valence-corrected chi connectivity index (χ4v) is 2.82. The van der Waals surface area contributed by atoms with Crippen LogP contribution in [0, 0.1) is 0 Å². The first-order valence-corrected chi connectivity index (χ1v) is 8.47. The molecule has 0 spiro atoms. The highest BCUT2D eigenvalue weighted by atomic mass is 16.6. The van der Waals surface area contributed by atoms with Gasteiger partial charge in [0.15, 0.2) is 0 Å². The number of esters is 1. The molecule has 2 atom stereocenters. The average Bonchev–Trinajstić information content (AvgIpc) is 3.08. The molecule has 9 heteroatoms. The summed E-state index contributed by atoms with van der Waals surface area (Å²) in [6, 6.07) is 7.73. The number of nitrogens with zero attached hydrogens (tertiary/aromatic N) is 1. The van der Waals surface area contributed by atoms with Gasteiger partial charge in [0.05, 0.1) is 13.5 Å². The van der Waals surface area contributed by atoms with Crippen LogP contribution >= 0.6 is 0 Å². The first-order valence-electron chi connectivity index (χ1n) is 8.47. The first kappa shape index (κ1) is 20.2. The number of aliphatic carboxylic acids is 1. The van der Waals surface area contributed by atoms with Crippen LogP contribution in [0.15, 0.2) is 30.3 Å². The van der Waals surface area contributed by atoms with E-state index in [0.717, 1.165) is 5.56 Å². The van der Waals surface area contributed by atoms with Crippen molar-refractivity contribution in [2.24, 2.45) is 0 Å². The Morgan fingerprint density at radius 2 is 1.89 bits per heavy atom.